The predicted molar refractivity (Wildman–Crippen MR) is 50.4 cm³/mol. The summed E-state index contributed by atoms with van der Waals surface area (Å²) in [5.74, 6) is 1.12. The second kappa shape index (κ2) is 2.60. The predicted octanol–water partition coefficient (Wildman–Crippen LogP) is 2.28. The van der Waals surface area contributed by atoms with E-state index in [4.69, 9.17) is 9.16 Å². The summed E-state index contributed by atoms with van der Waals surface area (Å²) in [5, 5.41) is 0. The quantitative estimate of drug-likeness (QED) is 0.485. The van der Waals surface area contributed by atoms with Crippen molar-refractivity contribution in [2.45, 2.75) is 44.7 Å². The minimum absolute atomic E-state index is 0.325. The normalized spacial score (nSPS) is 33.8. The molecule has 0 amide bonds. The fourth-order valence-electron chi connectivity index (χ4n) is 1.57. The van der Waals surface area contributed by atoms with Gasteiger partial charge in [0.15, 0.2) is 0 Å². The second-order valence-corrected chi connectivity index (χ2v) is 8.92. The molecular weight excluding hydrogens is 168 g/mol. The Balaban J connectivity index is 1.99. The van der Waals surface area contributed by atoms with E-state index in [0.29, 0.717) is 12.2 Å². The molecule has 2 rings (SSSR count). The minimum Gasteiger partial charge on any atom is -0.546 e. The van der Waals surface area contributed by atoms with E-state index in [1.165, 1.54) is 6.42 Å². The maximum atomic E-state index is 5.91. The van der Waals surface area contributed by atoms with Gasteiger partial charge in [-0.05, 0) is 38.6 Å². The Labute approximate surface area is 74.7 Å². The molecule has 1 heterocycles. The van der Waals surface area contributed by atoms with Crippen molar-refractivity contribution in [2.75, 3.05) is 0 Å². The fraction of sp³-hybridized carbons (Fsp3) is 0.778. The van der Waals surface area contributed by atoms with Crippen LogP contribution in [0.5, 0.6) is 0 Å². The Hall–Kier alpha value is -0.283. The summed E-state index contributed by atoms with van der Waals surface area (Å²) in [7, 11) is -1.41. The van der Waals surface area contributed by atoms with Crippen molar-refractivity contribution in [1.82, 2.24) is 0 Å². The van der Waals surface area contributed by atoms with Crippen LogP contribution in [0.25, 0.3) is 0 Å². The third kappa shape index (κ3) is 1.72. The monoisotopic (exact) mass is 184 g/mol. The molecule has 0 aromatic heterocycles. The molecule has 2 nitrogen and oxygen atoms in total. The molecule has 12 heavy (non-hydrogen) atoms. The number of rotatable bonds is 2. The number of ether oxygens (including phenoxy) is 1. The number of epoxide rings is 1. The Morgan fingerprint density at radius 3 is 2.92 bits per heavy atom. The summed E-state index contributed by atoms with van der Waals surface area (Å²) in [6.07, 6.45) is 5.32. The van der Waals surface area contributed by atoms with E-state index in [2.05, 4.69) is 25.7 Å². The lowest BCUT2D eigenvalue weighted by Gasteiger charge is -2.22. The van der Waals surface area contributed by atoms with Gasteiger partial charge in [0.05, 0.1) is 6.10 Å². The molecule has 68 valence electrons. The van der Waals surface area contributed by atoms with Crippen LogP contribution in [0.1, 0.15) is 12.8 Å². The number of fused-ring (bicyclic) bond motifs is 1. The molecule has 1 fully saturated rings. The largest absolute Gasteiger partial charge is 0.546 e. The van der Waals surface area contributed by atoms with Crippen LogP contribution in [-0.2, 0) is 9.16 Å². The first kappa shape index (κ1) is 8.32. The molecule has 0 unspecified atom stereocenters. The van der Waals surface area contributed by atoms with Gasteiger partial charge < -0.3 is 9.16 Å². The standard InChI is InChI=1S/C9H16O2Si/c1-12(2,3)11-8-6-4-5-7-9(8)10-7/h6-7,9H,4-5H2,1-3H3/t7-,9-/m0/s1. The molecule has 0 aromatic rings. The van der Waals surface area contributed by atoms with Crippen LogP contribution in [0.2, 0.25) is 19.6 Å². The molecule has 2 aliphatic rings. The van der Waals surface area contributed by atoms with Crippen molar-refractivity contribution in [3.05, 3.63) is 11.8 Å². The lowest BCUT2D eigenvalue weighted by atomic mass is 10.1. The van der Waals surface area contributed by atoms with E-state index < -0.39 is 8.32 Å². The first-order valence-electron chi connectivity index (χ1n) is 4.61. The molecule has 3 heteroatoms. The van der Waals surface area contributed by atoms with Gasteiger partial charge in [0, 0.05) is 0 Å². The first-order valence-corrected chi connectivity index (χ1v) is 8.02. The minimum atomic E-state index is -1.41. The average molecular weight is 184 g/mol. The van der Waals surface area contributed by atoms with E-state index in [1.54, 1.807) is 0 Å². The average Bonchev–Trinajstić information content (AvgIpc) is 2.62. The SMILES string of the molecule is C[Si](C)(C)OC1=CCC[C@@H]2O[C@H]12. The van der Waals surface area contributed by atoms with Gasteiger partial charge >= 0.3 is 0 Å². The molecule has 0 N–H and O–H groups in total. The third-order valence-corrected chi connectivity index (χ3v) is 2.93. The van der Waals surface area contributed by atoms with E-state index in [1.807, 2.05) is 0 Å². The number of hydrogen-bond acceptors (Lipinski definition) is 2. The van der Waals surface area contributed by atoms with E-state index >= 15 is 0 Å². The van der Waals surface area contributed by atoms with E-state index in [9.17, 15) is 0 Å². The first-order chi connectivity index (χ1) is 5.56. The molecule has 2 atom stereocenters. The maximum absolute atomic E-state index is 5.91. The van der Waals surface area contributed by atoms with Crippen molar-refractivity contribution in [2.24, 2.45) is 0 Å². The summed E-state index contributed by atoms with van der Waals surface area (Å²) >= 11 is 0. The fourth-order valence-corrected chi connectivity index (χ4v) is 2.48. The van der Waals surface area contributed by atoms with Crippen LogP contribution in [0.3, 0.4) is 0 Å². The van der Waals surface area contributed by atoms with Crippen molar-refractivity contribution in [3.8, 4) is 0 Å². The summed E-state index contributed by atoms with van der Waals surface area (Å²) in [4.78, 5) is 0. The zero-order valence-electron chi connectivity index (χ0n) is 7.96. The van der Waals surface area contributed by atoms with Crippen molar-refractivity contribution in [1.29, 1.82) is 0 Å². The van der Waals surface area contributed by atoms with Crippen molar-refractivity contribution < 1.29 is 9.16 Å². The second-order valence-electron chi connectivity index (χ2n) is 4.49. The highest BCUT2D eigenvalue weighted by Gasteiger charge is 2.45. The van der Waals surface area contributed by atoms with Crippen LogP contribution in [0, 0.1) is 0 Å². The van der Waals surface area contributed by atoms with Gasteiger partial charge in [0.1, 0.15) is 11.9 Å². The Kier molecular flexibility index (Phi) is 1.80. The lowest BCUT2D eigenvalue weighted by molar-refractivity contribution is 0.328. The molecule has 0 saturated carbocycles. The van der Waals surface area contributed by atoms with Gasteiger partial charge in [-0.3, -0.25) is 0 Å². The molecule has 1 aliphatic carbocycles. The van der Waals surface area contributed by atoms with E-state index in [-0.39, 0.29) is 0 Å². The molecule has 0 aromatic carbocycles. The lowest BCUT2D eigenvalue weighted by Crippen LogP contribution is -2.27. The molecule has 1 saturated heterocycles. The topological polar surface area (TPSA) is 21.8 Å². The van der Waals surface area contributed by atoms with Gasteiger partial charge in [-0.15, -0.1) is 0 Å². The maximum Gasteiger partial charge on any atom is 0.241 e. The summed E-state index contributed by atoms with van der Waals surface area (Å²) < 4.78 is 11.4. The van der Waals surface area contributed by atoms with Crippen molar-refractivity contribution >= 4 is 8.32 Å². The molecule has 0 bridgehead atoms. The van der Waals surface area contributed by atoms with Gasteiger partial charge in [-0.25, -0.2) is 0 Å². The van der Waals surface area contributed by atoms with Crippen LogP contribution >= 0.6 is 0 Å². The van der Waals surface area contributed by atoms with Crippen LogP contribution < -0.4 is 0 Å². The van der Waals surface area contributed by atoms with Crippen LogP contribution in [0.15, 0.2) is 11.8 Å². The van der Waals surface area contributed by atoms with Gasteiger partial charge in [0.2, 0.25) is 8.32 Å². The number of hydrogen-bond donors (Lipinski definition) is 0. The Morgan fingerprint density at radius 2 is 2.25 bits per heavy atom. The smallest absolute Gasteiger partial charge is 0.241 e. The molecule has 0 spiro atoms. The van der Waals surface area contributed by atoms with Gasteiger partial charge in [0.25, 0.3) is 0 Å². The molecule has 0 radical (unpaired) electrons. The van der Waals surface area contributed by atoms with E-state index in [0.717, 1.165) is 12.2 Å². The third-order valence-electron chi connectivity index (χ3n) is 2.08. The van der Waals surface area contributed by atoms with Crippen molar-refractivity contribution in [3.63, 3.8) is 0 Å². The van der Waals surface area contributed by atoms with Gasteiger partial charge in [-0.2, -0.15) is 0 Å². The molecule has 1 aliphatic heterocycles. The zero-order chi connectivity index (χ0) is 8.77. The zero-order valence-corrected chi connectivity index (χ0v) is 8.96. The Bertz CT molecular complexity index is 217. The van der Waals surface area contributed by atoms with Crippen LogP contribution in [-0.4, -0.2) is 20.5 Å². The summed E-state index contributed by atoms with van der Waals surface area (Å²) in [6, 6.07) is 0. The highest BCUT2D eigenvalue weighted by atomic mass is 28.4. The number of allylic oxidation sites excluding steroid dienone is 1. The van der Waals surface area contributed by atoms with Crippen LogP contribution in [0.4, 0.5) is 0 Å². The Morgan fingerprint density at radius 1 is 1.50 bits per heavy atom. The summed E-state index contributed by atoms with van der Waals surface area (Å²) in [5.41, 5.74) is 0. The highest BCUT2D eigenvalue weighted by molar-refractivity contribution is 6.70. The highest BCUT2D eigenvalue weighted by Crippen LogP contribution is 2.38. The summed E-state index contributed by atoms with van der Waals surface area (Å²) in [6.45, 7) is 6.62. The molecular formula is C9H16O2Si. The van der Waals surface area contributed by atoms with Gasteiger partial charge in [-0.1, -0.05) is 0 Å².